The van der Waals surface area contributed by atoms with Crippen LogP contribution in [-0.4, -0.2) is 12.3 Å². The zero-order chi connectivity index (χ0) is 15.6. The predicted octanol–water partition coefficient (Wildman–Crippen LogP) is 6.06. The number of alkyl halides is 2. The van der Waals surface area contributed by atoms with Gasteiger partial charge in [0.1, 0.15) is 0 Å². The molecule has 1 aromatic rings. The van der Waals surface area contributed by atoms with E-state index in [2.05, 4.69) is 6.92 Å². The molecule has 21 heavy (non-hydrogen) atoms. The second kappa shape index (κ2) is 10.1. The molecule has 5 heteroatoms. The van der Waals surface area contributed by atoms with Crippen molar-refractivity contribution < 1.29 is 17.9 Å². The van der Waals surface area contributed by atoms with Crippen LogP contribution in [0.4, 0.5) is 8.78 Å². The highest BCUT2D eigenvalue weighted by molar-refractivity contribution is 7.59. The van der Waals surface area contributed by atoms with Gasteiger partial charge in [0.2, 0.25) is 0 Å². The summed E-state index contributed by atoms with van der Waals surface area (Å²) in [5.41, 5.74) is 0.765. The number of unbranched alkanes of at least 4 members (excludes halogenated alkanes) is 5. The van der Waals surface area contributed by atoms with Gasteiger partial charge < -0.3 is 4.52 Å². The van der Waals surface area contributed by atoms with Gasteiger partial charge in [0.25, 0.3) is 7.37 Å². The summed E-state index contributed by atoms with van der Waals surface area (Å²) in [4.78, 5) is 0. The molecule has 0 saturated heterocycles. The van der Waals surface area contributed by atoms with Gasteiger partial charge in [-0.05, 0) is 12.0 Å². The molecule has 1 aromatic carbocycles. The lowest BCUT2D eigenvalue weighted by atomic mass is 10.1. The fourth-order valence-electron chi connectivity index (χ4n) is 2.09. The molecule has 1 unspecified atom stereocenters. The average Bonchev–Trinajstić information content (AvgIpc) is 2.49. The smallest absolute Gasteiger partial charge is 0.312 e. The Balaban J connectivity index is 2.37. The predicted molar refractivity (Wildman–Crippen MR) is 83.1 cm³/mol. The first kappa shape index (κ1) is 18.3. The van der Waals surface area contributed by atoms with Crippen LogP contribution in [0.1, 0.15) is 51.0 Å². The van der Waals surface area contributed by atoms with Gasteiger partial charge in [-0.1, -0.05) is 69.4 Å². The van der Waals surface area contributed by atoms with E-state index in [1.807, 2.05) is 6.07 Å². The van der Waals surface area contributed by atoms with Crippen LogP contribution in [0.25, 0.3) is 0 Å². The van der Waals surface area contributed by atoms with Crippen LogP contribution in [0.2, 0.25) is 0 Å². The van der Waals surface area contributed by atoms with E-state index in [9.17, 15) is 13.3 Å². The van der Waals surface area contributed by atoms with Crippen LogP contribution in [0.15, 0.2) is 30.3 Å². The minimum absolute atomic E-state index is 0.0156. The second-order valence-electron chi connectivity index (χ2n) is 5.25. The molecule has 2 nitrogen and oxygen atoms in total. The van der Waals surface area contributed by atoms with Crippen LogP contribution in [0.5, 0.6) is 0 Å². The summed E-state index contributed by atoms with van der Waals surface area (Å²) >= 11 is 0. The standard InChI is InChI=1S/C16H25F2O2P/c1-2-3-4-5-6-10-13-21(19,16(17)18)20-14-15-11-8-7-9-12-15/h7-9,11-12,16H,2-6,10,13-14H2,1H3. The summed E-state index contributed by atoms with van der Waals surface area (Å²) in [5.74, 6) is 0. The van der Waals surface area contributed by atoms with E-state index >= 15 is 0 Å². The monoisotopic (exact) mass is 318 g/mol. The molecular formula is C16H25F2O2P. The van der Waals surface area contributed by atoms with E-state index in [-0.39, 0.29) is 12.8 Å². The molecule has 0 aromatic heterocycles. The molecule has 0 N–H and O–H groups in total. The van der Waals surface area contributed by atoms with Gasteiger partial charge in [-0.25, -0.2) is 0 Å². The lowest BCUT2D eigenvalue weighted by molar-refractivity contribution is 0.186. The molecule has 0 fully saturated rings. The van der Waals surface area contributed by atoms with Crippen LogP contribution < -0.4 is 0 Å². The van der Waals surface area contributed by atoms with E-state index in [4.69, 9.17) is 4.52 Å². The minimum atomic E-state index is -3.85. The summed E-state index contributed by atoms with van der Waals surface area (Å²) in [6, 6.07) is 9.01. The SMILES string of the molecule is CCCCCCCCP(=O)(OCc1ccccc1)C(F)F. The van der Waals surface area contributed by atoms with E-state index < -0.39 is 13.5 Å². The first-order valence-corrected chi connectivity index (χ1v) is 9.52. The Morgan fingerprint density at radius 1 is 1.05 bits per heavy atom. The number of benzene rings is 1. The lowest BCUT2D eigenvalue weighted by Crippen LogP contribution is -2.04. The van der Waals surface area contributed by atoms with Gasteiger partial charge in [0, 0.05) is 6.16 Å². The molecule has 0 spiro atoms. The van der Waals surface area contributed by atoms with Gasteiger partial charge in [0.15, 0.2) is 0 Å². The van der Waals surface area contributed by atoms with Crippen molar-refractivity contribution in [1.82, 2.24) is 0 Å². The molecular weight excluding hydrogens is 293 g/mol. The number of hydrogen-bond donors (Lipinski definition) is 0. The molecule has 0 saturated carbocycles. The molecule has 0 aliphatic carbocycles. The Morgan fingerprint density at radius 2 is 1.67 bits per heavy atom. The third kappa shape index (κ3) is 7.19. The van der Waals surface area contributed by atoms with Crippen molar-refractivity contribution in [3.05, 3.63) is 35.9 Å². The Kier molecular flexibility index (Phi) is 8.79. The third-order valence-electron chi connectivity index (χ3n) is 3.41. The lowest BCUT2D eigenvalue weighted by Gasteiger charge is -2.17. The van der Waals surface area contributed by atoms with E-state index in [0.717, 1.165) is 37.7 Å². The van der Waals surface area contributed by atoms with E-state index in [0.29, 0.717) is 6.42 Å². The van der Waals surface area contributed by atoms with Crippen LogP contribution in [0, 0.1) is 0 Å². The Hall–Kier alpha value is -0.730. The molecule has 0 heterocycles. The zero-order valence-corrected chi connectivity index (χ0v) is 13.5. The molecule has 120 valence electrons. The molecule has 0 aliphatic heterocycles. The summed E-state index contributed by atoms with van der Waals surface area (Å²) in [5, 5.41) is 0. The summed E-state index contributed by atoms with van der Waals surface area (Å²) in [6.07, 6.45) is 2.90. The maximum Gasteiger partial charge on any atom is 0.312 e. The Bertz CT molecular complexity index is 424. The highest BCUT2D eigenvalue weighted by Gasteiger charge is 2.34. The first-order valence-electron chi connectivity index (χ1n) is 7.64. The minimum Gasteiger partial charge on any atom is -0.320 e. The van der Waals surface area contributed by atoms with Crippen molar-refractivity contribution in [2.24, 2.45) is 0 Å². The van der Waals surface area contributed by atoms with Crippen molar-refractivity contribution in [2.45, 2.75) is 58.2 Å². The quantitative estimate of drug-likeness (QED) is 0.366. The van der Waals surface area contributed by atoms with Gasteiger partial charge in [-0.2, -0.15) is 8.78 Å². The van der Waals surface area contributed by atoms with Crippen molar-refractivity contribution in [2.75, 3.05) is 6.16 Å². The van der Waals surface area contributed by atoms with Crippen LogP contribution >= 0.6 is 7.37 Å². The normalized spacial score (nSPS) is 14.3. The topological polar surface area (TPSA) is 26.3 Å². The zero-order valence-electron chi connectivity index (χ0n) is 12.6. The Labute approximate surface area is 126 Å². The van der Waals surface area contributed by atoms with Gasteiger partial charge in [-0.15, -0.1) is 0 Å². The molecule has 0 bridgehead atoms. The number of halogens is 2. The van der Waals surface area contributed by atoms with Gasteiger partial charge in [0.05, 0.1) is 6.61 Å². The fourth-order valence-corrected chi connectivity index (χ4v) is 3.56. The number of hydrogen-bond acceptors (Lipinski definition) is 2. The molecule has 0 aliphatic rings. The highest BCUT2D eigenvalue weighted by atomic mass is 31.2. The maximum absolute atomic E-state index is 13.0. The van der Waals surface area contributed by atoms with Crippen molar-refractivity contribution >= 4 is 7.37 Å². The average molecular weight is 318 g/mol. The van der Waals surface area contributed by atoms with Crippen molar-refractivity contribution in [3.63, 3.8) is 0 Å². The summed E-state index contributed by atoms with van der Waals surface area (Å²) in [7, 11) is -3.85. The van der Waals surface area contributed by atoms with Crippen molar-refractivity contribution in [3.8, 4) is 0 Å². The maximum atomic E-state index is 13.0. The molecule has 0 amide bonds. The summed E-state index contributed by atoms with van der Waals surface area (Å²) in [6.45, 7) is 2.11. The highest BCUT2D eigenvalue weighted by Crippen LogP contribution is 2.54. The molecule has 1 atom stereocenters. The van der Waals surface area contributed by atoms with Gasteiger partial charge in [-0.3, -0.25) is 4.57 Å². The summed E-state index contributed by atoms with van der Waals surface area (Å²) < 4.78 is 43.4. The van der Waals surface area contributed by atoms with Crippen LogP contribution in [0.3, 0.4) is 0 Å². The van der Waals surface area contributed by atoms with E-state index in [1.54, 1.807) is 24.3 Å². The van der Waals surface area contributed by atoms with Crippen molar-refractivity contribution in [1.29, 1.82) is 0 Å². The Morgan fingerprint density at radius 3 is 2.29 bits per heavy atom. The molecule has 0 radical (unpaired) electrons. The fraction of sp³-hybridized carbons (Fsp3) is 0.625. The molecule has 1 rings (SSSR count). The van der Waals surface area contributed by atoms with E-state index in [1.165, 1.54) is 0 Å². The largest absolute Gasteiger partial charge is 0.320 e. The number of rotatable bonds is 11. The third-order valence-corrected chi connectivity index (χ3v) is 5.51. The second-order valence-corrected chi connectivity index (χ2v) is 7.80. The first-order chi connectivity index (χ1) is 10.1. The van der Waals surface area contributed by atoms with Gasteiger partial charge >= 0.3 is 6.17 Å². The van der Waals surface area contributed by atoms with Crippen LogP contribution in [-0.2, 0) is 15.7 Å².